The lowest BCUT2D eigenvalue weighted by atomic mass is 10.1. The molecular weight excluding hydrogens is 441 g/mol. The molecule has 2 aromatic carbocycles. The molecule has 3 aromatic rings. The van der Waals surface area contributed by atoms with Gasteiger partial charge in [0.1, 0.15) is 6.10 Å². The van der Waals surface area contributed by atoms with Gasteiger partial charge in [0.2, 0.25) is 5.88 Å². The van der Waals surface area contributed by atoms with Gasteiger partial charge in [0.15, 0.2) is 0 Å². The van der Waals surface area contributed by atoms with Gasteiger partial charge in [-0.15, -0.1) is 0 Å². The van der Waals surface area contributed by atoms with Gasteiger partial charge in [-0.1, -0.05) is 24.3 Å². The molecule has 26 heavy (non-hydrogen) atoms. The molecule has 1 aliphatic rings. The summed E-state index contributed by atoms with van der Waals surface area (Å²) in [5.41, 5.74) is 2.46. The molecular formula is C20H18IN3O2. The van der Waals surface area contributed by atoms with E-state index in [4.69, 9.17) is 4.74 Å². The molecule has 132 valence electrons. The Morgan fingerprint density at radius 2 is 1.73 bits per heavy atom. The lowest BCUT2D eigenvalue weighted by Crippen LogP contribution is -2.42. The van der Waals surface area contributed by atoms with E-state index in [1.54, 1.807) is 6.20 Å². The molecule has 0 saturated carbocycles. The van der Waals surface area contributed by atoms with Crippen molar-refractivity contribution in [1.29, 1.82) is 0 Å². The maximum atomic E-state index is 12.7. The first-order chi connectivity index (χ1) is 12.7. The summed E-state index contributed by atoms with van der Waals surface area (Å²) < 4.78 is 6.99. The fraction of sp³-hybridized carbons (Fsp3) is 0.250. The summed E-state index contributed by atoms with van der Waals surface area (Å²) >= 11 is 2.21. The van der Waals surface area contributed by atoms with Crippen molar-refractivity contribution >= 4 is 39.5 Å². The quantitative estimate of drug-likeness (QED) is 0.558. The number of aromatic nitrogens is 2. The average Bonchev–Trinajstić information content (AvgIpc) is 2.68. The summed E-state index contributed by atoms with van der Waals surface area (Å²) in [7, 11) is 0. The predicted octanol–water partition coefficient (Wildman–Crippen LogP) is 3.92. The molecule has 0 unspecified atom stereocenters. The standard InChI is InChI=1S/C20H18IN3O2/c21-16-6-2-1-5-15(16)20(25)24-11-9-14(10-12-24)26-19-13-22-17-7-3-4-8-18(17)23-19/h1-8,13-14H,9-12H2. The Morgan fingerprint density at radius 1 is 1.04 bits per heavy atom. The minimum atomic E-state index is 0.0596. The molecule has 0 radical (unpaired) electrons. The van der Waals surface area contributed by atoms with Crippen LogP contribution in [0.4, 0.5) is 0 Å². The number of carbonyl (C=O) groups is 1. The van der Waals surface area contributed by atoms with Crippen molar-refractivity contribution < 1.29 is 9.53 Å². The minimum absolute atomic E-state index is 0.0596. The van der Waals surface area contributed by atoms with Crippen LogP contribution in [0.15, 0.2) is 54.7 Å². The van der Waals surface area contributed by atoms with E-state index in [0.717, 1.165) is 33.0 Å². The van der Waals surface area contributed by atoms with E-state index < -0.39 is 0 Å². The van der Waals surface area contributed by atoms with E-state index in [1.165, 1.54) is 0 Å². The van der Waals surface area contributed by atoms with Crippen LogP contribution in [-0.2, 0) is 0 Å². The molecule has 4 rings (SSSR count). The summed E-state index contributed by atoms with van der Waals surface area (Å²) in [6.45, 7) is 1.38. The van der Waals surface area contributed by atoms with Crippen molar-refractivity contribution in [3.05, 3.63) is 63.9 Å². The summed E-state index contributed by atoms with van der Waals surface area (Å²) in [5, 5.41) is 0. The van der Waals surface area contributed by atoms with Crippen molar-refractivity contribution in [1.82, 2.24) is 14.9 Å². The normalized spacial score (nSPS) is 15.2. The van der Waals surface area contributed by atoms with E-state index in [1.807, 2.05) is 53.4 Å². The molecule has 2 heterocycles. The zero-order valence-electron chi connectivity index (χ0n) is 14.1. The largest absolute Gasteiger partial charge is 0.473 e. The Hall–Kier alpha value is -2.22. The number of amides is 1. The molecule has 1 aromatic heterocycles. The number of halogens is 1. The predicted molar refractivity (Wildman–Crippen MR) is 108 cm³/mol. The van der Waals surface area contributed by atoms with Crippen LogP contribution in [0.25, 0.3) is 11.0 Å². The Kier molecular flexibility index (Phi) is 5.01. The van der Waals surface area contributed by atoms with Crippen LogP contribution in [0.2, 0.25) is 0 Å². The van der Waals surface area contributed by atoms with Crippen LogP contribution in [0.3, 0.4) is 0 Å². The van der Waals surface area contributed by atoms with Crippen LogP contribution in [0.5, 0.6) is 5.88 Å². The number of ether oxygens (including phenoxy) is 1. The second kappa shape index (κ2) is 7.57. The zero-order chi connectivity index (χ0) is 17.9. The molecule has 1 aliphatic heterocycles. The Balaban J connectivity index is 1.38. The van der Waals surface area contributed by atoms with Gasteiger partial charge in [0, 0.05) is 29.5 Å². The van der Waals surface area contributed by atoms with E-state index in [9.17, 15) is 4.79 Å². The molecule has 1 fully saturated rings. The van der Waals surface area contributed by atoms with Crippen LogP contribution in [0.1, 0.15) is 23.2 Å². The van der Waals surface area contributed by atoms with Crippen LogP contribution in [-0.4, -0.2) is 40.0 Å². The smallest absolute Gasteiger partial charge is 0.254 e. The SMILES string of the molecule is O=C(c1ccccc1I)N1CCC(Oc2cnc3ccccc3n2)CC1. The molecule has 5 nitrogen and oxygen atoms in total. The number of carbonyl (C=O) groups excluding carboxylic acids is 1. The monoisotopic (exact) mass is 459 g/mol. The highest BCUT2D eigenvalue weighted by molar-refractivity contribution is 14.1. The lowest BCUT2D eigenvalue weighted by molar-refractivity contribution is 0.0587. The van der Waals surface area contributed by atoms with E-state index in [0.29, 0.717) is 19.0 Å². The summed E-state index contributed by atoms with van der Waals surface area (Å²) in [6, 6.07) is 15.4. The zero-order valence-corrected chi connectivity index (χ0v) is 16.3. The van der Waals surface area contributed by atoms with E-state index >= 15 is 0 Å². The molecule has 0 N–H and O–H groups in total. The second-order valence-electron chi connectivity index (χ2n) is 6.29. The average molecular weight is 459 g/mol. The fourth-order valence-corrected chi connectivity index (χ4v) is 3.77. The number of piperidine rings is 1. The first-order valence-electron chi connectivity index (χ1n) is 8.63. The van der Waals surface area contributed by atoms with Gasteiger partial charge in [0.05, 0.1) is 22.8 Å². The molecule has 0 bridgehead atoms. The topological polar surface area (TPSA) is 55.3 Å². The molecule has 1 amide bonds. The molecule has 0 aliphatic carbocycles. The highest BCUT2D eigenvalue weighted by Gasteiger charge is 2.25. The van der Waals surface area contributed by atoms with Gasteiger partial charge in [0.25, 0.3) is 5.91 Å². The van der Waals surface area contributed by atoms with Crippen molar-refractivity contribution in [2.45, 2.75) is 18.9 Å². The maximum absolute atomic E-state index is 12.7. The molecule has 0 spiro atoms. The van der Waals surface area contributed by atoms with Gasteiger partial charge < -0.3 is 9.64 Å². The number of rotatable bonds is 3. The third-order valence-electron chi connectivity index (χ3n) is 4.55. The van der Waals surface area contributed by atoms with Crippen molar-refractivity contribution in [3.8, 4) is 5.88 Å². The minimum Gasteiger partial charge on any atom is -0.473 e. The lowest BCUT2D eigenvalue weighted by Gasteiger charge is -2.32. The van der Waals surface area contributed by atoms with Gasteiger partial charge in [-0.3, -0.25) is 4.79 Å². The third kappa shape index (κ3) is 3.65. The summed E-state index contributed by atoms with van der Waals surface area (Å²) in [5.74, 6) is 0.644. The van der Waals surface area contributed by atoms with Crippen LogP contribution in [0, 0.1) is 3.57 Å². The van der Waals surface area contributed by atoms with Crippen molar-refractivity contribution in [2.75, 3.05) is 13.1 Å². The number of fused-ring (bicyclic) bond motifs is 1. The first kappa shape index (κ1) is 17.2. The first-order valence-corrected chi connectivity index (χ1v) is 9.71. The maximum Gasteiger partial charge on any atom is 0.254 e. The van der Waals surface area contributed by atoms with E-state index in [-0.39, 0.29) is 12.0 Å². The number of nitrogens with zero attached hydrogens (tertiary/aromatic N) is 3. The van der Waals surface area contributed by atoms with Crippen LogP contribution < -0.4 is 4.74 Å². The van der Waals surface area contributed by atoms with Gasteiger partial charge in [-0.25, -0.2) is 9.97 Å². The number of para-hydroxylation sites is 2. The fourth-order valence-electron chi connectivity index (χ4n) is 3.15. The number of hydrogen-bond acceptors (Lipinski definition) is 4. The highest BCUT2D eigenvalue weighted by Crippen LogP contribution is 2.21. The Morgan fingerprint density at radius 3 is 2.50 bits per heavy atom. The number of benzene rings is 2. The van der Waals surface area contributed by atoms with Gasteiger partial charge >= 0.3 is 0 Å². The number of hydrogen-bond donors (Lipinski definition) is 0. The molecule has 6 heteroatoms. The number of likely N-dealkylation sites (tertiary alicyclic amines) is 1. The summed E-state index contributed by atoms with van der Waals surface area (Å²) in [4.78, 5) is 23.5. The van der Waals surface area contributed by atoms with Crippen molar-refractivity contribution in [3.63, 3.8) is 0 Å². The van der Waals surface area contributed by atoms with Crippen LogP contribution >= 0.6 is 22.6 Å². The van der Waals surface area contributed by atoms with Gasteiger partial charge in [-0.05, 0) is 46.9 Å². The van der Waals surface area contributed by atoms with Crippen molar-refractivity contribution in [2.24, 2.45) is 0 Å². The molecule has 1 saturated heterocycles. The Bertz CT molecular complexity index is 939. The third-order valence-corrected chi connectivity index (χ3v) is 5.49. The van der Waals surface area contributed by atoms with E-state index in [2.05, 4.69) is 32.6 Å². The molecule has 0 atom stereocenters. The highest BCUT2D eigenvalue weighted by atomic mass is 127. The summed E-state index contributed by atoms with van der Waals surface area (Å²) in [6.07, 6.45) is 3.32. The second-order valence-corrected chi connectivity index (χ2v) is 7.45. The Labute approximate surface area is 165 Å². The van der Waals surface area contributed by atoms with Gasteiger partial charge in [-0.2, -0.15) is 0 Å².